The molecule has 4 nitrogen and oxygen atoms in total. The second kappa shape index (κ2) is 7.39. The molecule has 0 spiro atoms. The number of nitrogens with two attached hydrogens (primary N) is 1. The number of aryl methyl sites for hydroxylation is 1. The Bertz CT molecular complexity index is 1170. The molecule has 0 saturated heterocycles. The van der Waals surface area contributed by atoms with Gasteiger partial charge in [0.05, 0.1) is 17.6 Å². The minimum Gasteiger partial charge on any atom is -0.494 e. The fourth-order valence-electron chi connectivity index (χ4n) is 3.76. The van der Waals surface area contributed by atoms with Crippen LogP contribution in [0.1, 0.15) is 35.3 Å². The van der Waals surface area contributed by atoms with Gasteiger partial charge in [-0.1, -0.05) is 31.2 Å². The van der Waals surface area contributed by atoms with E-state index in [0.29, 0.717) is 18.7 Å². The number of carbonyl (C=O) groups excluding carboxylic acids is 1. The molecule has 0 aliphatic carbocycles. The Kier molecular flexibility index (Phi) is 4.78. The molecule has 141 valence electrons. The lowest BCUT2D eigenvalue weighted by atomic mass is 10.0. The van der Waals surface area contributed by atoms with Crippen molar-refractivity contribution in [2.75, 3.05) is 6.61 Å². The maximum atomic E-state index is 12.0. The third-order valence-corrected chi connectivity index (χ3v) is 5.08. The molecule has 4 aromatic rings. The predicted octanol–water partition coefficient (Wildman–Crippen LogP) is 4.70. The Morgan fingerprint density at radius 3 is 2.64 bits per heavy atom. The summed E-state index contributed by atoms with van der Waals surface area (Å²) in [6, 6.07) is 21.4. The number of hydrogen-bond acceptors (Lipinski definition) is 2. The molecule has 1 aromatic heterocycles. The molecule has 0 bridgehead atoms. The normalized spacial score (nSPS) is 11.2. The second-order valence-electron chi connectivity index (χ2n) is 6.85. The third kappa shape index (κ3) is 3.11. The summed E-state index contributed by atoms with van der Waals surface area (Å²) >= 11 is 0. The summed E-state index contributed by atoms with van der Waals surface area (Å²) in [6.07, 6.45) is 0.927. The number of primary amides is 1. The van der Waals surface area contributed by atoms with E-state index in [1.54, 1.807) is 6.07 Å². The number of rotatable bonds is 6. The summed E-state index contributed by atoms with van der Waals surface area (Å²) in [5, 5.41) is 1.80. The molecule has 1 heterocycles. The van der Waals surface area contributed by atoms with E-state index < -0.39 is 5.91 Å². The van der Waals surface area contributed by atoms with Crippen LogP contribution in [0.3, 0.4) is 0 Å². The summed E-state index contributed by atoms with van der Waals surface area (Å²) in [5.74, 6) is 0.440. The molecule has 0 aliphatic rings. The molecule has 1 amide bonds. The quantitative estimate of drug-likeness (QED) is 0.534. The van der Waals surface area contributed by atoms with Gasteiger partial charge in [0.1, 0.15) is 5.75 Å². The highest BCUT2D eigenvalue weighted by Gasteiger charge is 2.17. The van der Waals surface area contributed by atoms with Gasteiger partial charge in [-0.2, -0.15) is 0 Å². The van der Waals surface area contributed by atoms with Gasteiger partial charge >= 0.3 is 0 Å². The zero-order valence-corrected chi connectivity index (χ0v) is 16.2. The smallest absolute Gasteiger partial charge is 0.249 e. The standard InChI is InChI=1S/C24H23N2O2/c1-3-16-11-12-19-22(14-16)26(15-17-7-5-8-18(13-17)28-4-2)21-10-6-9-20(23(19)21)24(25)27/h5-11,13-14H,3-4,15H2,1-2H3,(H2,25,27). The van der Waals surface area contributed by atoms with E-state index in [2.05, 4.69) is 35.8 Å². The van der Waals surface area contributed by atoms with E-state index in [9.17, 15) is 4.79 Å². The van der Waals surface area contributed by atoms with Crippen LogP contribution in [0.2, 0.25) is 0 Å². The fourth-order valence-corrected chi connectivity index (χ4v) is 3.76. The molecule has 3 aromatic carbocycles. The van der Waals surface area contributed by atoms with Crippen LogP contribution >= 0.6 is 0 Å². The first-order chi connectivity index (χ1) is 13.6. The average Bonchev–Trinajstić information content (AvgIpc) is 3.01. The van der Waals surface area contributed by atoms with Gasteiger partial charge < -0.3 is 15.0 Å². The Morgan fingerprint density at radius 1 is 1.07 bits per heavy atom. The highest BCUT2D eigenvalue weighted by atomic mass is 16.5. The van der Waals surface area contributed by atoms with Crippen molar-refractivity contribution in [1.82, 2.24) is 4.57 Å². The van der Waals surface area contributed by atoms with Crippen molar-refractivity contribution >= 4 is 27.7 Å². The number of aromatic nitrogens is 1. The summed E-state index contributed by atoms with van der Waals surface area (Å²) in [4.78, 5) is 12.0. The number of benzene rings is 3. The van der Waals surface area contributed by atoms with Crippen molar-refractivity contribution in [3.63, 3.8) is 0 Å². The molecule has 0 aliphatic heterocycles. The van der Waals surface area contributed by atoms with E-state index in [0.717, 1.165) is 39.5 Å². The molecular weight excluding hydrogens is 348 g/mol. The van der Waals surface area contributed by atoms with Crippen molar-refractivity contribution in [3.05, 3.63) is 77.4 Å². The number of ether oxygens (including phenoxy) is 1. The lowest BCUT2D eigenvalue weighted by Gasteiger charge is -2.10. The topological polar surface area (TPSA) is 57.2 Å². The van der Waals surface area contributed by atoms with Crippen molar-refractivity contribution in [3.8, 4) is 5.75 Å². The van der Waals surface area contributed by atoms with E-state index >= 15 is 0 Å². The highest BCUT2D eigenvalue weighted by molar-refractivity contribution is 6.17. The van der Waals surface area contributed by atoms with Crippen molar-refractivity contribution < 1.29 is 9.53 Å². The average molecular weight is 371 g/mol. The zero-order valence-electron chi connectivity index (χ0n) is 16.2. The fraction of sp³-hybridized carbons (Fsp3) is 0.208. The number of carbonyl (C=O) groups is 1. The molecule has 28 heavy (non-hydrogen) atoms. The van der Waals surface area contributed by atoms with Gasteiger partial charge in [-0.05, 0) is 60.9 Å². The maximum absolute atomic E-state index is 12.0. The SMILES string of the molecule is CCOc1cccc(Cn2c3cc(CC)c[c]c3c3c(C(N)=O)cccc32)c1. The van der Waals surface area contributed by atoms with E-state index in [1.807, 2.05) is 37.3 Å². The molecule has 2 N–H and O–H groups in total. The minimum atomic E-state index is -0.420. The first-order valence-corrected chi connectivity index (χ1v) is 9.59. The van der Waals surface area contributed by atoms with Crippen LogP contribution in [0.25, 0.3) is 21.8 Å². The van der Waals surface area contributed by atoms with Crippen LogP contribution in [0.4, 0.5) is 0 Å². The van der Waals surface area contributed by atoms with E-state index in [1.165, 1.54) is 5.56 Å². The van der Waals surface area contributed by atoms with Gasteiger partial charge in [-0.3, -0.25) is 4.79 Å². The molecule has 0 saturated carbocycles. The lowest BCUT2D eigenvalue weighted by Crippen LogP contribution is -2.11. The molecule has 0 fully saturated rings. The largest absolute Gasteiger partial charge is 0.494 e. The predicted molar refractivity (Wildman–Crippen MR) is 113 cm³/mol. The summed E-state index contributed by atoms with van der Waals surface area (Å²) in [5.41, 5.74) is 10.6. The number of amides is 1. The molecule has 0 atom stereocenters. The van der Waals surface area contributed by atoms with Crippen molar-refractivity contribution in [2.24, 2.45) is 5.73 Å². The van der Waals surface area contributed by atoms with Gasteiger partial charge in [-0.15, -0.1) is 0 Å². The second-order valence-corrected chi connectivity index (χ2v) is 6.85. The Hall–Kier alpha value is -3.27. The monoisotopic (exact) mass is 371 g/mol. The zero-order chi connectivity index (χ0) is 19.7. The van der Waals surface area contributed by atoms with Gasteiger partial charge in [-0.25, -0.2) is 0 Å². The van der Waals surface area contributed by atoms with Crippen LogP contribution in [0.5, 0.6) is 5.75 Å². The summed E-state index contributed by atoms with van der Waals surface area (Å²) in [6.45, 7) is 5.41. The molecule has 4 rings (SSSR count). The Labute approximate surface area is 164 Å². The molecular formula is C24H23N2O2. The molecule has 4 heteroatoms. The van der Waals surface area contributed by atoms with Crippen LogP contribution in [0.15, 0.2) is 54.6 Å². The maximum Gasteiger partial charge on any atom is 0.249 e. The third-order valence-electron chi connectivity index (χ3n) is 5.08. The molecule has 1 radical (unpaired) electrons. The van der Waals surface area contributed by atoms with Crippen LogP contribution < -0.4 is 10.5 Å². The highest BCUT2D eigenvalue weighted by Crippen LogP contribution is 2.33. The van der Waals surface area contributed by atoms with Crippen LogP contribution in [-0.2, 0) is 13.0 Å². The molecule has 0 unspecified atom stereocenters. The number of nitrogens with zero attached hydrogens (tertiary/aromatic N) is 1. The van der Waals surface area contributed by atoms with Crippen LogP contribution in [0, 0.1) is 6.07 Å². The Balaban J connectivity index is 1.96. The summed E-state index contributed by atoms with van der Waals surface area (Å²) in [7, 11) is 0. The first-order valence-electron chi connectivity index (χ1n) is 9.59. The van der Waals surface area contributed by atoms with Crippen molar-refractivity contribution in [2.45, 2.75) is 26.8 Å². The van der Waals surface area contributed by atoms with Gasteiger partial charge in [0.15, 0.2) is 0 Å². The number of fused-ring (bicyclic) bond motifs is 3. The number of hydrogen-bond donors (Lipinski definition) is 1. The Morgan fingerprint density at radius 2 is 1.89 bits per heavy atom. The van der Waals surface area contributed by atoms with E-state index in [4.69, 9.17) is 10.5 Å². The lowest BCUT2D eigenvalue weighted by molar-refractivity contribution is 0.100. The van der Waals surface area contributed by atoms with Crippen molar-refractivity contribution in [1.29, 1.82) is 0 Å². The minimum absolute atomic E-state index is 0.420. The van der Waals surface area contributed by atoms with Gasteiger partial charge in [0, 0.05) is 22.9 Å². The van der Waals surface area contributed by atoms with E-state index in [-0.39, 0.29) is 0 Å². The van der Waals surface area contributed by atoms with Gasteiger partial charge in [0.25, 0.3) is 0 Å². The summed E-state index contributed by atoms with van der Waals surface area (Å²) < 4.78 is 7.89. The first kappa shape index (κ1) is 18.1. The van der Waals surface area contributed by atoms with Crippen LogP contribution in [-0.4, -0.2) is 17.1 Å². The van der Waals surface area contributed by atoms with Gasteiger partial charge in [0.2, 0.25) is 5.91 Å².